The Labute approximate surface area is 418 Å². The predicted octanol–water partition coefficient (Wildman–Crippen LogP) is 16.6. The van der Waals surface area contributed by atoms with Crippen molar-refractivity contribution in [1.29, 1.82) is 0 Å². The van der Waals surface area contributed by atoms with Crippen LogP contribution in [-0.4, -0.2) is 14.1 Å². The van der Waals surface area contributed by atoms with E-state index in [1.165, 1.54) is 5.56 Å². The summed E-state index contributed by atoms with van der Waals surface area (Å²) in [6, 6.07) is 89.9. The van der Waals surface area contributed by atoms with E-state index in [0.717, 1.165) is 111 Å². The third-order valence-corrected chi connectivity index (χ3v) is 13.8. The molecule has 13 rings (SSSR count). The monoisotopic (exact) mass is 922 g/mol. The first-order valence-electron chi connectivity index (χ1n) is 24.4. The zero-order chi connectivity index (χ0) is 48.0. The summed E-state index contributed by atoms with van der Waals surface area (Å²) < 4.78 is 14.0. The van der Waals surface area contributed by atoms with Crippen molar-refractivity contribution in [3.63, 3.8) is 0 Å². The Hall–Kier alpha value is -9.58. The van der Waals surface area contributed by atoms with E-state index in [2.05, 4.69) is 264 Å². The number of pyridine rings is 1. The van der Waals surface area contributed by atoms with E-state index in [1.807, 2.05) is 24.4 Å². The van der Waals surface area contributed by atoms with Crippen LogP contribution in [0.1, 0.15) is 5.56 Å². The number of para-hydroxylation sites is 4. The number of imidazole rings is 1. The molecule has 0 spiro atoms. The summed E-state index contributed by atoms with van der Waals surface area (Å²) in [5.41, 5.74) is 18.4. The number of ether oxygens (including phenoxy) is 1. The van der Waals surface area contributed by atoms with Crippen molar-refractivity contribution < 1.29 is 9.30 Å². The SMILES string of the molecule is Cc1c(-c2ccccc2)cc(-c2ccccc2)cc1-c1cc2c3ccccc3n(-c3ccccn3)c2cc1Oc1cccc(-n2[c-][n+](-c3c(-c4ccccc4)cccc3-c3ccccc3)c3ccccc32)c1. The second-order valence-electron chi connectivity index (χ2n) is 18.1. The largest absolute Gasteiger partial charge is 0.457 e. The van der Waals surface area contributed by atoms with Crippen LogP contribution in [-0.2, 0) is 0 Å². The first kappa shape index (κ1) is 42.5. The molecule has 3 heterocycles. The highest BCUT2D eigenvalue weighted by atomic mass is 16.5. The Kier molecular flexibility index (Phi) is 10.7. The number of nitrogens with zero attached hydrogens (tertiary/aromatic N) is 4. The molecule has 0 aliphatic heterocycles. The van der Waals surface area contributed by atoms with E-state index in [0.29, 0.717) is 5.75 Å². The van der Waals surface area contributed by atoms with Gasteiger partial charge in [0.05, 0.1) is 33.4 Å². The van der Waals surface area contributed by atoms with Crippen LogP contribution in [0.4, 0.5) is 0 Å². The maximum absolute atomic E-state index is 7.36. The molecule has 0 aliphatic carbocycles. The molecule has 10 aromatic carbocycles. The average Bonchev–Trinajstić information content (AvgIpc) is 4.00. The van der Waals surface area contributed by atoms with Gasteiger partial charge in [0.2, 0.25) is 0 Å². The summed E-state index contributed by atoms with van der Waals surface area (Å²) >= 11 is 0. The van der Waals surface area contributed by atoms with Crippen molar-refractivity contribution in [2.75, 3.05) is 0 Å². The van der Waals surface area contributed by atoms with Crippen LogP contribution >= 0.6 is 0 Å². The summed E-state index contributed by atoms with van der Waals surface area (Å²) in [6.07, 6.45) is 5.71. The molecular weight excluding hydrogens is 877 g/mol. The molecule has 0 atom stereocenters. The first-order chi connectivity index (χ1) is 35.6. The summed E-state index contributed by atoms with van der Waals surface area (Å²) in [5, 5.41) is 2.25. The molecule has 72 heavy (non-hydrogen) atoms. The Morgan fingerprint density at radius 2 is 1.00 bits per heavy atom. The zero-order valence-corrected chi connectivity index (χ0v) is 39.5. The topological polar surface area (TPSA) is 35.9 Å². The van der Waals surface area contributed by atoms with Gasteiger partial charge in [0, 0.05) is 28.6 Å². The van der Waals surface area contributed by atoms with Crippen LogP contribution in [0, 0.1) is 13.3 Å². The van der Waals surface area contributed by atoms with Gasteiger partial charge < -0.3 is 4.74 Å². The molecule has 0 amide bonds. The minimum atomic E-state index is 0.695. The highest BCUT2D eigenvalue weighted by Crippen LogP contribution is 2.46. The van der Waals surface area contributed by atoms with E-state index in [1.54, 1.807) is 0 Å². The van der Waals surface area contributed by atoms with Crippen LogP contribution in [0.2, 0.25) is 0 Å². The fourth-order valence-corrected chi connectivity index (χ4v) is 10.4. The van der Waals surface area contributed by atoms with E-state index in [4.69, 9.17) is 9.72 Å². The lowest BCUT2D eigenvalue weighted by Gasteiger charge is -2.19. The first-order valence-corrected chi connectivity index (χ1v) is 24.4. The Morgan fingerprint density at radius 1 is 0.417 bits per heavy atom. The summed E-state index contributed by atoms with van der Waals surface area (Å²) in [5.74, 6) is 2.26. The molecular formula is C67H46N4O. The number of benzene rings is 10. The van der Waals surface area contributed by atoms with E-state index in [9.17, 15) is 0 Å². The molecule has 0 fully saturated rings. The minimum Gasteiger partial charge on any atom is -0.457 e. The van der Waals surface area contributed by atoms with E-state index in [-0.39, 0.29) is 0 Å². The van der Waals surface area contributed by atoms with Gasteiger partial charge in [-0.1, -0.05) is 194 Å². The van der Waals surface area contributed by atoms with Gasteiger partial charge in [0.25, 0.3) is 6.33 Å². The van der Waals surface area contributed by atoms with Crippen LogP contribution in [0.5, 0.6) is 11.5 Å². The van der Waals surface area contributed by atoms with Crippen LogP contribution < -0.4 is 9.30 Å². The van der Waals surface area contributed by atoms with Crippen LogP contribution in [0.25, 0.3) is 106 Å². The van der Waals surface area contributed by atoms with Gasteiger partial charge in [-0.25, -0.2) is 4.98 Å². The third-order valence-electron chi connectivity index (χ3n) is 13.8. The lowest BCUT2D eigenvalue weighted by Crippen LogP contribution is -2.31. The Bertz CT molecular complexity index is 4050. The molecule has 0 radical (unpaired) electrons. The molecule has 3 aromatic heterocycles. The molecule has 0 saturated heterocycles. The normalized spacial score (nSPS) is 11.4. The molecule has 0 bridgehead atoms. The van der Waals surface area contributed by atoms with Crippen molar-refractivity contribution in [3.8, 4) is 84.3 Å². The van der Waals surface area contributed by atoms with Crippen LogP contribution in [0.3, 0.4) is 0 Å². The predicted molar refractivity (Wildman–Crippen MR) is 294 cm³/mol. The van der Waals surface area contributed by atoms with Gasteiger partial charge in [0.1, 0.15) is 17.3 Å². The molecule has 0 N–H and O–H groups in total. The molecule has 5 nitrogen and oxygen atoms in total. The number of fused-ring (bicyclic) bond motifs is 4. The summed E-state index contributed by atoms with van der Waals surface area (Å²) in [7, 11) is 0. The van der Waals surface area contributed by atoms with Gasteiger partial charge >= 0.3 is 0 Å². The van der Waals surface area contributed by atoms with Crippen LogP contribution in [0.15, 0.2) is 261 Å². The molecule has 13 aromatic rings. The fraction of sp³-hybridized carbons (Fsp3) is 0.0149. The Balaban J connectivity index is 1.02. The molecule has 5 heteroatoms. The maximum atomic E-state index is 7.36. The molecule has 0 aliphatic rings. The number of hydrogen-bond donors (Lipinski definition) is 0. The zero-order valence-electron chi connectivity index (χ0n) is 39.5. The van der Waals surface area contributed by atoms with Crippen molar-refractivity contribution in [1.82, 2.24) is 14.1 Å². The number of rotatable bonds is 10. The second kappa shape index (κ2) is 18.1. The Morgan fingerprint density at radius 3 is 1.68 bits per heavy atom. The lowest BCUT2D eigenvalue weighted by molar-refractivity contribution is -0.571. The third kappa shape index (κ3) is 7.52. The van der Waals surface area contributed by atoms with Crippen molar-refractivity contribution in [2.24, 2.45) is 0 Å². The van der Waals surface area contributed by atoms with E-state index >= 15 is 0 Å². The smallest absolute Gasteiger partial charge is 0.269 e. The lowest BCUT2D eigenvalue weighted by atomic mass is 9.88. The van der Waals surface area contributed by atoms with Gasteiger partial charge in [-0.3, -0.25) is 13.7 Å². The van der Waals surface area contributed by atoms with Crippen molar-refractivity contribution >= 4 is 32.8 Å². The summed E-state index contributed by atoms with van der Waals surface area (Å²) in [6.45, 7) is 2.24. The maximum Gasteiger partial charge on any atom is 0.269 e. The van der Waals surface area contributed by atoms with Crippen molar-refractivity contribution in [3.05, 3.63) is 273 Å². The van der Waals surface area contributed by atoms with Gasteiger partial charge in [-0.2, -0.15) is 0 Å². The standard InChI is InChI=1S/C67H46N4O/c1-46-57(50-28-12-5-13-29-50)40-51(47-22-6-2-7-23-47)41-58(46)60-43-59-56-32-14-15-35-61(56)71(66-38-18-19-39-68-66)64(59)44-65(60)72-53-31-20-30-52(42-53)69-45-70(63-37-17-16-36-62(63)69)67-54(48-24-8-3-9-25-48)33-21-34-55(67)49-26-10-4-11-27-49/h2-44H,1H3. The molecule has 0 saturated carbocycles. The molecule has 0 unspecified atom stereocenters. The average molecular weight is 923 g/mol. The quantitative estimate of drug-likeness (QED) is 0.101. The van der Waals surface area contributed by atoms with E-state index < -0.39 is 0 Å². The number of aromatic nitrogens is 4. The second-order valence-corrected chi connectivity index (χ2v) is 18.1. The highest BCUT2D eigenvalue weighted by molar-refractivity contribution is 6.11. The molecule has 340 valence electrons. The van der Waals surface area contributed by atoms with Gasteiger partial charge in [-0.05, 0) is 117 Å². The number of hydrogen-bond acceptors (Lipinski definition) is 2. The minimum absolute atomic E-state index is 0.695. The fourth-order valence-electron chi connectivity index (χ4n) is 10.4. The van der Waals surface area contributed by atoms with Gasteiger partial charge in [-0.15, -0.1) is 0 Å². The van der Waals surface area contributed by atoms with Gasteiger partial charge in [0.15, 0.2) is 0 Å². The summed E-state index contributed by atoms with van der Waals surface area (Å²) in [4.78, 5) is 4.87. The van der Waals surface area contributed by atoms with Crippen molar-refractivity contribution in [2.45, 2.75) is 6.92 Å². The highest BCUT2D eigenvalue weighted by Gasteiger charge is 2.23.